The summed E-state index contributed by atoms with van der Waals surface area (Å²) >= 11 is 0. The predicted octanol–water partition coefficient (Wildman–Crippen LogP) is 2.44. The molecule has 1 amide bonds. The quantitative estimate of drug-likeness (QED) is 0.866. The van der Waals surface area contributed by atoms with Crippen molar-refractivity contribution in [2.24, 2.45) is 5.92 Å². The second-order valence-electron chi connectivity index (χ2n) is 6.80. The molecule has 0 bridgehead atoms. The number of carbonyl (C=O) groups excluding carboxylic acids is 1. The molecule has 2 fully saturated rings. The van der Waals surface area contributed by atoms with Gasteiger partial charge in [0.1, 0.15) is 0 Å². The van der Waals surface area contributed by atoms with Crippen LogP contribution in [0.15, 0.2) is 24.3 Å². The van der Waals surface area contributed by atoms with E-state index in [-0.39, 0.29) is 11.9 Å². The molecule has 1 N–H and O–H groups in total. The number of benzene rings is 1. The maximum Gasteiger partial charge on any atom is 0.241 e. The van der Waals surface area contributed by atoms with E-state index in [2.05, 4.69) is 22.3 Å². The van der Waals surface area contributed by atoms with E-state index in [1.54, 1.807) is 0 Å². The van der Waals surface area contributed by atoms with Gasteiger partial charge in [-0.1, -0.05) is 18.2 Å². The summed E-state index contributed by atoms with van der Waals surface area (Å²) in [5, 5.41) is 3.13. The molecule has 3 aliphatic rings. The number of carbonyl (C=O) groups is 1. The van der Waals surface area contributed by atoms with Crippen molar-refractivity contribution in [3.63, 3.8) is 0 Å². The van der Waals surface area contributed by atoms with Gasteiger partial charge in [-0.3, -0.25) is 9.69 Å². The molecule has 3 aliphatic heterocycles. The van der Waals surface area contributed by atoms with Crippen LogP contribution in [-0.2, 0) is 16.0 Å². The first kappa shape index (κ1) is 14.2. The van der Waals surface area contributed by atoms with Crippen molar-refractivity contribution in [3.05, 3.63) is 29.8 Å². The van der Waals surface area contributed by atoms with Crippen molar-refractivity contribution in [1.82, 2.24) is 4.90 Å². The first-order valence-corrected chi connectivity index (χ1v) is 8.56. The van der Waals surface area contributed by atoms with Crippen molar-refractivity contribution < 1.29 is 9.53 Å². The lowest BCUT2D eigenvalue weighted by Crippen LogP contribution is -2.53. The Morgan fingerprint density at radius 3 is 3.05 bits per heavy atom. The summed E-state index contributed by atoms with van der Waals surface area (Å²) in [4.78, 5) is 15.1. The summed E-state index contributed by atoms with van der Waals surface area (Å²) in [6.45, 7) is 2.91. The van der Waals surface area contributed by atoms with Gasteiger partial charge in [0.2, 0.25) is 5.91 Å². The Morgan fingerprint density at radius 1 is 1.18 bits per heavy atom. The van der Waals surface area contributed by atoms with Gasteiger partial charge >= 0.3 is 0 Å². The molecule has 3 atom stereocenters. The van der Waals surface area contributed by atoms with Gasteiger partial charge in [-0.05, 0) is 49.7 Å². The van der Waals surface area contributed by atoms with E-state index in [0.717, 1.165) is 51.1 Å². The van der Waals surface area contributed by atoms with E-state index >= 15 is 0 Å². The van der Waals surface area contributed by atoms with E-state index < -0.39 is 0 Å². The fourth-order valence-corrected chi connectivity index (χ4v) is 4.25. The summed E-state index contributed by atoms with van der Waals surface area (Å²) in [6.07, 6.45) is 5.80. The molecule has 4 nitrogen and oxygen atoms in total. The minimum atomic E-state index is 0.00952. The first-order valence-electron chi connectivity index (χ1n) is 8.56. The van der Waals surface area contributed by atoms with E-state index in [1.807, 2.05) is 12.1 Å². The molecule has 2 saturated heterocycles. The summed E-state index contributed by atoms with van der Waals surface area (Å²) in [7, 11) is 0. The molecule has 1 aromatic carbocycles. The first-order chi connectivity index (χ1) is 10.8. The van der Waals surface area contributed by atoms with Crippen LogP contribution in [0.2, 0.25) is 0 Å². The zero-order valence-electron chi connectivity index (χ0n) is 13.0. The maximum atomic E-state index is 12.7. The molecule has 22 heavy (non-hydrogen) atoms. The number of fused-ring (bicyclic) bond motifs is 2. The standard InChI is InChI=1S/C18H24N2O2/c21-18-16(8-7-13-4-1-2-6-15(13)19-18)20-10-9-17-14(12-20)5-3-11-22-17/h1-2,4,6,14,16-17H,3,5,7-12H2,(H,19,21)/t14-,16-,17-/m0/s1. The third-order valence-corrected chi connectivity index (χ3v) is 5.45. The highest BCUT2D eigenvalue weighted by molar-refractivity contribution is 5.96. The number of nitrogens with zero attached hydrogens (tertiary/aromatic N) is 1. The van der Waals surface area contributed by atoms with Crippen LogP contribution in [0.5, 0.6) is 0 Å². The van der Waals surface area contributed by atoms with Gasteiger partial charge < -0.3 is 10.1 Å². The number of para-hydroxylation sites is 1. The Balaban J connectivity index is 1.48. The lowest BCUT2D eigenvalue weighted by Gasteiger charge is -2.43. The average Bonchev–Trinajstić information content (AvgIpc) is 2.72. The molecule has 4 heteroatoms. The smallest absolute Gasteiger partial charge is 0.241 e. The largest absolute Gasteiger partial charge is 0.378 e. The Labute approximate surface area is 131 Å². The highest BCUT2D eigenvalue weighted by atomic mass is 16.5. The molecule has 0 spiro atoms. The monoisotopic (exact) mass is 300 g/mol. The number of amides is 1. The number of aryl methyl sites for hydroxylation is 1. The lowest BCUT2D eigenvalue weighted by atomic mass is 9.87. The SMILES string of the molecule is O=C1Nc2ccccc2CC[C@@H]1N1CC[C@@H]2OCCC[C@H]2C1. The van der Waals surface area contributed by atoms with E-state index in [9.17, 15) is 4.79 Å². The van der Waals surface area contributed by atoms with Crippen LogP contribution in [0.1, 0.15) is 31.2 Å². The molecule has 0 saturated carbocycles. The molecule has 0 aromatic heterocycles. The fraction of sp³-hybridized carbons (Fsp3) is 0.611. The summed E-state index contributed by atoms with van der Waals surface area (Å²) in [5.41, 5.74) is 2.25. The van der Waals surface area contributed by atoms with Gasteiger partial charge in [0.05, 0.1) is 12.1 Å². The predicted molar refractivity (Wildman–Crippen MR) is 85.8 cm³/mol. The average molecular weight is 300 g/mol. The van der Waals surface area contributed by atoms with Gasteiger partial charge in [-0.2, -0.15) is 0 Å². The number of rotatable bonds is 1. The van der Waals surface area contributed by atoms with Crippen LogP contribution in [-0.4, -0.2) is 42.6 Å². The van der Waals surface area contributed by atoms with Crippen LogP contribution in [0, 0.1) is 5.92 Å². The molecule has 0 aliphatic carbocycles. The van der Waals surface area contributed by atoms with E-state index in [4.69, 9.17) is 4.74 Å². The number of ether oxygens (including phenoxy) is 1. The van der Waals surface area contributed by atoms with Crippen LogP contribution in [0.25, 0.3) is 0 Å². The molecule has 4 rings (SSSR count). The Morgan fingerprint density at radius 2 is 2.09 bits per heavy atom. The molecular formula is C18H24N2O2. The third-order valence-electron chi connectivity index (χ3n) is 5.45. The van der Waals surface area contributed by atoms with Crippen LogP contribution in [0.4, 0.5) is 5.69 Å². The lowest BCUT2D eigenvalue weighted by molar-refractivity contribution is -0.125. The summed E-state index contributed by atoms with van der Waals surface area (Å²) in [6, 6.07) is 8.19. The normalized spacial score (nSPS) is 32.5. The van der Waals surface area contributed by atoms with Crippen LogP contribution in [0.3, 0.4) is 0 Å². The molecule has 118 valence electrons. The molecular weight excluding hydrogens is 276 g/mol. The van der Waals surface area contributed by atoms with Crippen molar-refractivity contribution in [2.45, 2.75) is 44.2 Å². The second-order valence-corrected chi connectivity index (χ2v) is 6.80. The Kier molecular flexibility index (Phi) is 3.89. The van der Waals surface area contributed by atoms with Crippen molar-refractivity contribution >= 4 is 11.6 Å². The minimum Gasteiger partial charge on any atom is -0.378 e. The second kappa shape index (κ2) is 6.01. The van der Waals surface area contributed by atoms with Crippen molar-refractivity contribution in [3.8, 4) is 0 Å². The van der Waals surface area contributed by atoms with Gasteiger partial charge in [0.15, 0.2) is 0 Å². The molecule has 0 unspecified atom stereocenters. The van der Waals surface area contributed by atoms with Crippen LogP contribution < -0.4 is 5.32 Å². The zero-order chi connectivity index (χ0) is 14.9. The van der Waals surface area contributed by atoms with Gasteiger partial charge in [0.25, 0.3) is 0 Å². The molecule has 0 radical (unpaired) electrons. The number of hydrogen-bond donors (Lipinski definition) is 1. The van der Waals surface area contributed by atoms with Crippen molar-refractivity contribution in [1.29, 1.82) is 0 Å². The summed E-state index contributed by atoms with van der Waals surface area (Å²) < 4.78 is 5.89. The van der Waals surface area contributed by atoms with Gasteiger partial charge in [-0.25, -0.2) is 0 Å². The third kappa shape index (κ3) is 2.66. The minimum absolute atomic E-state index is 0.00952. The summed E-state index contributed by atoms with van der Waals surface area (Å²) in [5.74, 6) is 0.779. The van der Waals surface area contributed by atoms with E-state index in [0.29, 0.717) is 12.0 Å². The number of hydrogen-bond acceptors (Lipinski definition) is 3. The van der Waals surface area contributed by atoms with Crippen LogP contribution >= 0.6 is 0 Å². The Bertz CT molecular complexity index is 560. The number of likely N-dealkylation sites (tertiary alicyclic amines) is 1. The molecule has 3 heterocycles. The highest BCUT2D eigenvalue weighted by Gasteiger charge is 2.37. The maximum absolute atomic E-state index is 12.7. The van der Waals surface area contributed by atoms with Gasteiger partial charge in [0, 0.05) is 25.4 Å². The topological polar surface area (TPSA) is 41.6 Å². The Hall–Kier alpha value is -1.39. The van der Waals surface area contributed by atoms with Gasteiger partial charge in [-0.15, -0.1) is 0 Å². The number of piperidine rings is 1. The highest BCUT2D eigenvalue weighted by Crippen LogP contribution is 2.31. The molecule has 1 aromatic rings. The van der Waals surface area contributed by atoms with E-state index in [1.165, 1.54) is 12.0 Å². The van der Waals surface area contributed by atoms with Crippen molar-refractivity contribution in [2.75, 3.05) is 25.0 Å². The number of anilines is 1. The number of nitrogens with one attached hydrogen (secondary N) is 1. The zero-order valence-corrected chi connectivity index (χ0v) is 13.0. The fourth-order valence-electron chi connectivity index (χ4n) is 4.25.